The molecule has 0 aliphatic heterocycles. The van der Waals surface area contributed by atoms with Crippen LogP contribution in [0.5, 0.6) is 0 Å². The van der Waals surface area contributed by atoms with Gasteiger partial charge in [-0.3, -0.25) is 19.6 Å². The highest BCUT2D eigenvalue weighted by atomic mass is 17.1. The molecular weight excluding hydrogens is 720 g/mol. The summed E-state index contributed by atoms with van der Waals surface area (Å²) in [6, 6.07) is 0. The summed E-state index contributed by atoms with van der Waals surface area (Å²) in [4.78, 5) is 62.9. The Morgan fingerprint density at radius 3 is 1.38 bits per heavy atom. The molecule has 1 N–H and O–H groups in total. The maximum Gasteiger partial charge on any atom is 0.331 e. The van der Waals surface area contributed by atoms with E-state index in [-0.39, 0.29) is 48.1 Å². The summed E-state index contributed by atoms with van der Waals surface area (Å²) in [7, 11) is 0. The van der Waals surface area contributed by atoms with Crippen molar-refractivity contribution < 1.29 is 57.8 Å². The molecule has 4 fully saturated rings. The zero-order valence-corrected chi connectivity index (χ0v) is 35.2. The first-order valence-corrected chi connectivity index (χ1v) is 21.2. The van der Waals surface area contributed by atoms with Gasteiger partial charge in [0, 0.05) is 32.4 Å². The predicted molar refractivity (Wildman–Crippen MR) is 212 cm³/mol. The molecule has 4 rings (SSSR count). The molecule has 3 unspecified atom stereocenters. The van der Waals surface area contributed by atoms with Crippen molar-refractivity contribution >= 4 is 29.8 Å². The molecule has 4 aliphatic carbocycles. The van der Waals surface area contributed by atoms with Crippen molar-refractivity contribution in [3.63, 3.8) is 0 Å². The Bertz CT molecular complexity index is 1190. The molecule has 320 valence electrons. The average Bonchev–Trinajstić information content (AvgIpc) is 3.14. The molecule has 4 aliphatic rings. The topological polar surface area (TPSA) is 161 Å². The van der Waals surface area contributed by atoms with Crippen LogP contribution in [0.2, 0.25) is 0 Å². The van der Waals surface area contributed by atoms with E-state index in [4.69, 9.17) is 23.8 Å². The van der Waals surface area contributed by atoms with E-state index in [2.05, 4.69) is 11.3 Å². The molecule has 0 saturated heterocycles. The third-order valence-corrected chi connectivity index (χ3v) is 11.0. The van der Waals surface area contributed by atoms with Crippen LogP contribution in [0.4, 0.5) is 0 Å². The standard InChI is InChI=1S/C23H40O6.C16H24O4.C5H8O2/c1-16(21(29-26)18-11-7-5-8-12-18)20(15-23(3,4)28-17(2)24)22(25)27-19-13-9-6-10-14-19;17-15(19-13-7-3-1-4-8-13)11-12-16(18)20-14-9-5-2-6-10-14;1-4(2)7-5(3)6/h16,18-21,26H,5-15H2,1-4H3;11-14H,1-10H2;1H2,2-3H3/b;12-11+;. The van der Waals surface area contributed by atoms with E-state index in [0.717, 1.165) is 103 Å². The second-order valence-electron chi connectivity index (χ2n) is 16.7. The minimum Gasteiger partial charge on any atom is -0.462 e. The molecule has 12 nitrogen and oxygen atoms in total. The molecule has 0 radical (unpaired) electrons. The second-order valence-corrected chi connectivity index (χ2v) is 16.7. The van der Waals surface area contributed by atoms with Crippen molar-refractivity contribution in [3.8, 4) is 0 Å². The van der Waals surface area contributed by atoms with E-state index < -0.39 is 29.6 Å². The smallest absolute Gasteiger partial charge is 0.331 e. The van der Waals surface area contributed by atoms with Gasteiger partial charge in [-0.25, -0.2) is 14.5 Å². The molecule has 0 aromatic heterocycles. The highest BCUT2D eigenvalue weighted by molar-refractivity contribution is 5.91. The van der Waals surface area contributed by atoms with Gasteiger partial charge >= 0.3 is 29.8 Å². The Kier molecular flexibility index (Phi) is 23.3. The second kappa shape index (κ2) is 26.6. The lowest BCUT2D eigenvalue weighted by Gasteiger charge is -2.38. The van der Waals surface area contributed by atoms with E-state index in [1.54, 1.807) is 6.92 Å². The van der Waals surface area contributed by atoms with E-state index in [0.29, 0.717) is 12.2 Å². The van der Waals surface area contributed by atoms with E-state index in [9.17, 15) is 29.2 Å². The first kappa shape index (κ1) is 48.9. The number of carbonyl (C=O) groups excluding carboxylic acids is 5. The number of ether oxygens (including phenoxy) is 5. The first-order chi connectivity index (χ1) is 26.6. The Labute approximate surface area is 335 Å². The van der Waals surface area contributed by atoms with Crippen LogP contribution in [0.25, 0.3) is 0 Å². The molecule has 3 atom stereocenters. The van der Waals surface area contributed by atoms with Crippen LogP contribution in [0.3, 0.4) is 0 Å². The fourth-order valence-corrected chi connectivity index (χ4v) is 8.34. The lowest BCUT2D eigenvalue weighted by Crippen LogP contribution is -2.43. The molecule has 12 heteroatoms. The minimum absolute atomic E-state index is 0.0234. The summed E-state index contributed by atoms with van der Waals surface area (Å²) < 4.78 is 26.4. The number of allylic oxidation sites excluding steroid dienone is 1. The maximum atomic E-state index is 13.2. The maximum absolute atomic E-state index is 13.2. The zero-order valence-electron chi connectivity index (χ0n) is 35.2. The van der Waals surface area contributed by atoms with Gasteiger partial charge < -0.3 is 23.7 Å². The number of hydrogen-bond acceptors (Lipinski definition) is 12. The molecule has 0 aromatic carbocycles. The SMILES string of the molecule is C=C(C)OC(C)=O.CC(=O)OC(C)(C)CC(C(=O)OC1CCCCC1)C(C)C(OO)C1CCCCC1.O=C(/C=C/C(=O)OC1CCCCC1)OC1CCCCC1. The third-order valence-electron chi connectivity index (χ3n) is 11.0. The van der Waals surface area contributed by atoms with Gasteiger partial charge in [-0.2, -0.15) is 0 Å². The quantitative estimate of drug-likeness (QED) is 0.0444. The van der Waals surface area contributed by atoms with Crippen molar-refractivity contribution in [2.45, 2.75) is 206 Å². The van der Waals surface area contributed by atoms with Crippen LogP contribution in [0, 0.1) is 17.8 Å². The van der Waals surface area contributed by atoms with E-state index in [1.807, 2.05) is 20.8 Å². The zero-order chi connectivity index (χ0) is 41.5. The van der Waals surface area contributed by atoms with Gasteiger partial charge in [0.1, 0.15) is 23.9 Å². The average molecular weight is 793 g/mol. The molecule has 56 heavy (non-hydrogen) atoms. The van der Waals surface area contributed by atoms with Gasteiger partial charge in [-0.05, 0) is 122 Å². The van der Waals surface area contributed by atoms with Crippen LogP contribution in [0.15, 0.2) is 24.5 Å². The third kappa shape index (κ3) is 20.8. The fourth-order valence-electron chi connectivity index (χ4n) is 8.34. The van der Waals surface area contributed by atoms with Gasteiger partial charge in [-0.15, -0.1) is 0 Å². The summed E-state index contributed by atoms with van der Waals surface area (Å²) in [6.45, 7) is 13.3. The molecule has 0 heterocycles. The highest BCUT2D eigenvalue weighted by Gasteiger charge is 2.42. The van der Waals surface area contributed by atoms with Crippen molar-refractivity contribution in [2.75, 3.05) is 0 Å². The molecule has 0 bridgehead atoms. The molecular formula is C44H72O12. The van der Waals surface area contributed by atoms with E-state index >= 15 is 0 Å². The summed E-state index contributed by atoms with van der Waals surface area (Å²) in [5.41, 5.74) is -0.803. The molecule has 0 aromatic rings. The normalized spacial score (nSPS) is 20.4. The summed E-state index contributed by atoms with van der Waals surface area (Å²) in [6.07, 6.45) is 23.6. The van der Waals surface area contributed by atoms with Crippen molar-refractivity contribution in [1.82, 2.24) is 0 Å². The highest BCUT2D eigenvalue weighted by Crippen LogP contribution is 2.38. The van der Waals surface area contributed by atoms with Crippen LogP contribution < -0.4 is 0 Å². The van der Waals surface area contributed by atoms with Crippen LogP contribution in [-0.4, -0.2) is 65.1 Å². The van der Waals surface area contributed by atoms with E-state index in [1.165, 1.54) is 51.7 Å². The van der Waals surface area contributed by atoms with Gasteiger partial charge in [0.05, 0.1) is 17.8 Å². The van der Waals surface area contributed by atoms with Crippen molar-refractivity contribution in [1.29, 1.82) is 0 Å². The number of hydrogen-bond donors (Lipinski definition) is 1. The fraction of sp³-hybridized carbons (Fsp3) is 0.795. The monoisotopic (exact) mass is 793 g/mol. The lowest BCUT2D eigenvalue weighted by molar-refractivity contribution is -0.307. The molecule has 0 amide bonds. The van der Waals surface area contributed by atoms with Crippen LogP contribution >= 0.6 is 0 Å². The van der Waals surface area contributed by atoms with Gasteiger partial charge in [0.25, 0.3) is 0 Å². The van der Waals surface area contributed by atoms with Crippen LogP contribution in [0.1, 0.15) is 176 Å². The summed E-state index contributed by atoms with van der Waals surface area (Å²) in [5, 5.41) is 9.71. The first-order valence-electron chi connectivity index (χ1n) is 21.2. The van der Waals surface area contributed by atoms with Gasteiger partial charge in [0.2, 0.25) is 0 Å². The largest absolute Gasteiger partial charge is 0.462 e. The number of carbonyl (C=O) groups is 5. The Hall–Kier alpha value is -3.25. The lowest BCUT2D eigenvalue weighted by atomic mass is 9.74. The minimum atomic E-state index is -0.803. The van der Waals surface area contributed by atoms with Gasteiger partial charge in [0.15, 0.2) is 0 Å². The Morgan fingerprint density at radius 2 is 1.04 bits per heavy atom. The Balaban J connectivity index is 0.000000345. The number of esters is 5. The summed E-state index contributed by atoms with van der Waals surface area (Å²) >= 11 is 0. The Morgan fingerprint density at radius 1 is 0.643 bits per heavy atom. The predicted octanol–water partition coefficient (Wildman–Crippen LogP) is 9.66. The molecule has 0 spiro atoms. The molecule has 4 saturated carbocycles. The van der Waals surface area contributed by atoms with Crippen molar-refractivity contribution in [2.24, 2.45) is 17.8 Å². The number of rotatable bonds is 14. The van der Waals surface area contributed by atoms with Crippen molar-refractivity contribution in [3.05, 3.63) is 24.5 Å². The summed E-state index contributed by atoms with van der Waals surface area (Å²) in [5.74, 6) is -1.90. The van der Waals surface area contributed by atoms with Crippen LogP contribution in [-0.2, 0) is 52.5 Å². The van der Waals surface area contributed by atoms with Gasteiger partial charge in [-0.1, -0.05) is 52.0 Å².